The first-order chi connectivity index (χ1) is 9.70. The summed E-state index contributed by atoms with van der Waals surface area (Å²) in [5.41, 5.74) is 11.1. The van der Waals surface area contributed by atoms with Crippen LogP contribution in [0.3, 0.4) is 0 Å². The highest BCUT2D eigenvalue weighted by Crippen LogP contribution is 2.23. The average Bonchev–Trinajstić information content (AvgIpc) is 2.46. The summed E-state index contributed by atoms with van der Waals surface area (Å²) in [6.45, 7) is 2.35. The van der Waals surface area contributed by atoms with Crippen LogP contribution in [0.25, 0.3) is 5.69 Å². The first-order valence-electron chi connectivity index (χ1n) is 7.24. The Kier molecular flexibility index (Phi) is 3.45. The molecule has 0 spiro atoms. The third kappa shape index (κ3) is 2.18. The molecule has 1 aromatic carbocycles. The van der Waals surface area contributed by atoms with Crippen molar-refractivity contribution in [3.05, 3.63) is 63.1 Å². The predicted octanol–water partition coefficient (Wildman–Crippen LogP) is 2.48. The Bertz CT molecular complexity index is 701. The standard InChI is InChI=1S/C17H20N2O/c1-12-5-4-7-15(9-12)19-16-8-3-2-6-13(16)10-14(11-18)17(19)20/h4-5,7,9-10H,2-3,6,8,11,18H2,1H3. The quantitative estimate of drug-likeness (QED) is 0.909. The van der Waals surface area contributed by atoms with E-state index in [1.165, 1.54) is 17.7 Å². The van der Waals surface area contributed by atoms with Gasteiger partial charge in [0.05, 0.1) is 0 Å². The number of fused-ring (bicyclic) bond motifs is 1. The molecule has 0 saturated heterocycles. The zero-order chi connectivity index (χ0) is 14.1. The molecular formula is C17H20N2O. The molecule has 0 bridgehead atoms. The number of pyridine rings is 1. The van der Waals surface area contributed by atoms with Gasteiger partial charge in [-0.2, -0.15) is 0 Å². The summed E-state index contributed by atoms with van der Waals surface area (Å²) in [5.74, 6) is 0. The van der Waals surface area contributed by atoms with E-state index in [0.717, 1.165) is 30.5 Å². The monoisotopic (exact) mass is 268 g/mol. The van der Waals surface area contributed by atoms with Gasteiger partial charge in [0.15, 0.2) is 0 Å². The van der Waals surface area contributed by atoms with Crippen molar-refractivity contribution < 1.29 is 0 Å². The molecule has 2 N–H and O–H groups in total. The topological polar surface area (TPSA) is 48.0 Å². The van der Waals surface area contributed by atoms with Crippen LogP contribution in [0.5, 0.6) is 0 Å². The van der Waals surface area contributed by atoms with Crippen molar-refractivity contribution in [1.82, 2.24) is 4.57 Å². The van der Waals surface area contributed by atoms with Gasteiger partial charge in [-0.1, -0.05) is 12.1 Å². The van der Waals surface area contributed by atoms with Crippen LogP contribution in [-0.2, 0) is 19.4 Å². The van der Waals surface area contributed by atoms with Crippen LogP contribution >= 0.6 is 0 Å². The number of aromatic nitrogens is 1. The number of hydrogen-bond acceptors (Lipinski definition) is 2. The first kappa shape index (κ1) is 13.1. The molecule has 1 heterocycles. The summed E-state index contributed by atoms with van der Waals surface area (Å²) in [6.07, 6.45) is 4.38. The van der Waals surface area contributed by atoms with E-state index in [0.29, 0.717) is 12.1 Å². The van der Waals surface area contributed by atoms with Gasteiger partial charge in [-0.15, -0.1) is 0 Å². The molecule has 20 heavy (non-hydrogen) atoms. The summed E-state index contributed by atoms with van der Waals surface area (Å²) in [4.78, 5) is 12.7. The SMILES string of the molecule is Cc1cccc(-n2c3c(cc(CN)c2=O)CCCC3)c1. The maximum absolute atomic E-state index is 12.7. The van der Waals surface area contributed by atoms with Crippen LogP contribution in [0.1, 0.15) is 35.2 Å². The van der Waals surface area contributed by atoms with E-state index >= 15 is 0 Å². The van der Waals surface area contributed by atoms with Crippen LogP contribution in [0.2, 0.25) is 0 Å². The highest BCUT2D eigenvalue weighted by molar-refractivity contribution is 5.41. The zero-order valence-corrected chi connectivity index (χ0v) is 11.9. The van der Waals surface area contributed by atoms with Crippen LogP contribution in [-0.4, -0.2) is 4.57 Å². The second-order valence-electron chi connectivity index (χ2n) is 5.53. The molecular weight excluding hydrogens is 248 g/mol. The van der Waals surface area contributed by atoms with Gasteiger partial charge in [0, 0.05) is 23.5 Å². The molecule has 0 unspecified atom stereocenters. The van der Waals surface area contributed by atoms with Gasteiger partial charge in [0.25, 0.3) is 5.56 Å². The van der Waals surface area contributed by atoms with Crippen LogP contribution < -0.4 is 11.3 Å². The van der Waals surface area contributed by atoms with E-state index in [1.54, 1.807) is 0 Å². The van der Waals surface area contributed by atoms with Gasteiger partial charge in [0.2, 0.25) is 0 Å². The second-order valence-corrected chi connectivity index (χ2v) is 5.53. The summed E-state index contributed by atoms with van der Waals surface area (Å²) in [7, 11) is 0. The molecule has 0 atom stereocenters. The number of nitrogens with zero attached hydrogens (tertiary/aromatic N) is 1. The molecule has 3 rings (SSSR count). The molecule has 1 aliphatic rings. The Balaban J connectivity index is 2.30. The van der Waals surface area contributed by atoms with Gasteiger partial charge in [-0.05, 0) is 61.9 Å². The summed E-state index contributed by atoms with van der Waals surface area (Å²) >= 11 is 0. The lowest BCUT2D eigenvalue weighted by Crippen LogP contribution is -2.29. The van der Waals surface area contributed by atoms with Gasteiger partial charge in [0.1, 0.15) is 0 Å². The van der Waals surface area contributed by atoms with Crippen LogP contribution in [0, 0.1) is 6.92 Å². The minimum absolute atomic E-state index is 0.0405. The lowest BCUT2D eigenvalue weighted by molar-refractivity contribution is 0.640. The van der Waals surface area contributed by atoms with Crippen LogP contribution in [0.15, 0.2) is 35.1 Å². The number of nitrogens with two attached hydrogens (primary N) is 1. The lowest BCUT2D eigenvalue weighted by atomic mass is 9.94. The maximum Gasteiger partial charge on any atom is 0.259 e. The molecule has 3 heteroatoms. The highest BCUT2D eigenvalue weighted by Gasteiger charge is 2.18. The van der Waals surface area contributed by atoms with Crippen molar-refractivity contribution in [2.75, 3.05) is 0 Å². The van der Waals surface area contributed by atoms with E-state index < -0.39 is 0 Å². The third-order valence-corrected chi connectivity index (χ3v) is 4.06. The van der Waals surface area contributed by atoms with E-state index in [-0.39, 0.29) is 5.56 Å². The number of rotatable bonds is 2. The largest absolute Gasteiger partial charge is 0.326 e. The van der Waals surface area contributed by atoms with Gasteiger partial charge in [-0.25, -0.2) is 0 Å². The van der Waals surface area contributed by atoms with Gasteiger partial charge in [-0.3, -0.25) is 9.36 Å². The molecule has 0 aliphatic heterocycles. The molecule has 1 aromatic heterocycles. The molecule has 2 aromatic rings. The Morgan fingerprint density at radius 1 is 1.20 bits per heavy atom. The Labute approximate surface area is 119 Å². The van der Waals surface area contributed by atoms with Crippen molar-refractivity contribution >= 4 is 0 Å². The Morgan fingerprint density at radius 2 is 2.00 bits per heavy atom. The number of aryl methyl sites for hydroxylation is 2. The highest BCUT2D eigenvalue weighted by atomic mass is 16.1. The van der Waals surface area contributed by atoms with E-state index in [4.69, 9.17) is 5.73 Å². The molecule has 1 aliphatic carbocycles. The smallest absolute Gasteiger partial charge is 0.259 e. The van der Waals surface area contributed by atoms with Crippen molar-refractivity contribution in [2.45, 2.75) is 39.2 Å². The lowest BCUT2D eigenvalue weighted by Gasteiger charge is -2.22. The average molecular weight is 268 g/mol. The fourth-order valence-electron chi connectivity index (χ4n) is 3.05. The van der Waals surface area contributed by atoms with E-state index in [9.17, 15) is 4.79 Å². The van der Waals surface area contributed by atoms with Crippen molar-refractivity contribution in [1.29, 1.82) is 0 Å². The Morgan fingerprint density at radius 3 is 2.75 bits per heavy atom. The molecule has 104 valence electrons. The zero-order valence-electron chi connectivity index (χ0n) is 11.9. The molecule has 0 saturated carbocycles. The Hall–Kier alpha value is -1.87. The maximum atomic E-state index is 12.7. The fourth-order valence-corrected chi connectivity index (χ4v) is 3.05. The predicted molar refractivity (Wildman–Crippen MR) is 81.3 cm³/mol. The van der Waals surface area contributed by atoms with Gasteiger partial charge < -0.3 is 5.73 Å². The minimum atomic E-state index is 0.0405. The third-order valence-electron chi connectivity index (χ3n) is 4.06. The number of benzene rings is 1. The van der Waals surface area contributed by atoms with Crippen molar-refractivity contribution in [3.63, 3.8) is 0 Å². The summed E-state index contributed by atoms with van der Waals surface area (Å²) < 4.78 is 1.88. The van der Waals surface area contributed by atoms with E-state index in [1.807, 2.05) is 35.8 Å². The molecule has 0 radical (unpaired) electrons. The van der Waals surface area contributed by atoms with Crippen molar-refractivity contribution in [3.8, 4) is 5.69 Å². The normalized spacial score (nSPS) is 14.1. The second kappa shape index (κ2) is 5.25. The van der Waals surface area contributed by atoms with Crippen molar-refractivity contribution in [2.24, 2.45) is 5.73 Å². The number of hydrogen-bond donors (Lipinski definition) is 1. The molecule has 0 fully saturated rings. The first-order valence-corrected chi connectivity index (χ1v) is 7.24. The fraction of sp³-hybridized carbons (Fsp3) is 0.353. The van der Waals surface area contributed by atoms with Gasteiger partial charge >= 0.3 is 0 Å². The van der Waals surface area contributed by atoms with Crippen LogP contribution in [0.4, 0.5) is 0 Å². The molecule has 0 amide bonds. The minimum Gasteiger partial charge on any atom is -0.326 e. The molecule has 3 nitrogen and oxygen atoms in total. The summed E-state index contributed by atoms with van der Waals surface area (Å²) in [5, 5.41) is 0. The summed E-state index contributed by atoms with van der Waals surface area (Å²) in [6, 6.07) is 10.1. The van der Waals surface area contributed by atoms with E-state index in [2.05, 4.69) is 6.07 Å².